The second kappa shape index (κ2) is 19.4. The molecule has 0 unspecified atom stereocenters. The second-order valence-corrected chi connectivity index (χ2v) is 28.7. The predicted molar refractivity (Wildman–Crippen MR) is 240 cm³/mol. The topological polar surface area (TPSA) is 119 Å². The Bertz CT molecular complexity index is 1800. The number of hydrogen-bond acceptors (Lipinski definition) is 10. The van der Waals surface area contributed by atoms with Crippen molar-refractivity contribution in [2.75, 3.05) is 20.3 Å². The van der Waals surface area contributed by atoms with Crippen LogP contribution in [0.2, 0.25) is 23.2 Å². The van der Waals surface area contributed by atoms with Crippen LogP contribution in [0.25, 0.3) is 0 Å². The van der Waals surface area contributed by atoms with E-state index >= 15 is 0 Å². The summed E-state index contributed by atoms with van der Waals surface area (Å²) in [6.45, 7) is 21.8. The molecule has 6 atom stereocenters. The average Bonchev–Trinajstić information content (AvgIpc) is 3.15. The molecule has 0 saturated carbocycles. The smallest absolute Gasteiger partial charge is 0.338 e. The molecule has 2 heterocycles. The molecule has 0 aromatic heterocycles. The molecule has 0 aliphatic carbocycles. The first-order valence-corrected chi connectivity index (χ1v) is 26.4. The Morgan fingerprint density at radius 3 is 1.93 bits per heavy atom. The van der Waals surface area contributed by atoms with E-state index in [0.717, 1.165) is 0 Å². The van der Waals surface area contributed by atoms with Crippen LogP contribution >= 0.6 is 0 Å². The molecule has 2 saturated heterocycles. The van der Waals surface area contributed by atoms with Crippen molar-refractivity contribution in [3.05, 3.63) is 90.5 Å². The van der Waals surface area contributed by atoms with Crippen LogP contribution in [-0.4, -0.2) is 89.8 Å². The Labute approximate surface area is 360 Å². The zero-order valence-electron chi connectivity index (χ0n) is 37.9. The van der Waals surface area contributed by atoms with Gasteiger partial charge in [0, 0.05) is 58.7 Å². The molecule has 3 aromatic carbocycles. The lowest BCUT2D eigenvalue weighted by molar-refractivity contribution is -0.352. The molecule has 330 valence electrons. The molecule has 2 aliphatic rings. The van der Waals surface area contributed by atoms with Gasteiger partial charge in [0.2, 0.25) is 0 Å². The van der Waals surface area contributed by atoms with E-state index in [0.29, 0.717) is 56.6 Å². The minimum Gasteiger partial charge on any atom is -0.497 e. The van der Waals surface area contributed by atoms with Gasteiger partial charge in [-0.1, -0.05) is 102 Å². The van der Waals surface area contributed by atoms with E-state index < -0.39 is 58.4 Å². The molecule has 0 radical (unpaired) electrons. The van der Waals surface area contributed by atoms with E-state index in [9.17, 15) is 14.7 Å². The van der Waals surface area contributed by atoms with Gasteiger partial charge in [0.25, 0.3) is 8.32 Å². The number of benzene rings is 3. The second-order valence-electron chi connectivity index (χ2n) is 19.6. The van der Waals surface area contributed by atoms with E-state index in [-0.39, 0.29) is 28.9 Å². The Hall–Kier alpha value is -3.37. The first kappa shape index (κ1) is 47.7. The molecule has 0 bridgehead atoms. The van der Waals surface area contributed by atoms with Crippen molar-refractivity contribution in [1.29, 1.82) is 0 Å². The number of ether oxygens (including phenoxy) is 5. The highest BCUT2D eigenvalue weighted by Gasteiger charge is 2.54. The third kappa shape index (κ3) is 12.0. The van der Waals surface area contributed by atoms with Crippen molar-refractivity contribution in [1.82, 2.24) is 0 Å². The summed E-state index contributed by atoms with van der Waals surface area (Å²) in [6.07, 6.45) is 0.486. The van der Waals surface area contributed by atoms with Gasteiger partial charge < -0.3 is 37.6 Å². The molecule has 5 rings (SSSR count). The molecule has 2 fully saturated rings. The van der Waals surface area contributed by atoms with Crippen molar-refractivity contribution in [3.8, 4) is 5.75 Å². The maximum Gasteiger partial charge on any atom is 0.338 e. The Morgan fingerprint density at radius 1 is 0.817 bits per heavy atom. The standard InChI is InChI=1S/C48H70O10Si2/c1-35(49)55-40-31-39(27-29-54-60(46(5,6)7,42-18-14-12-15-19-42)43-20-16-13-17-21-43)57-48(33-40)34-47(8,51)32-41(58-48)30-38(26-28-53-59(10,11)45(2,3)4)56-44(50)36-22-24-37(52-9)25-23-36/h12-25,38-41,51H,26-34H2,1-11H3/t38-,39+,40+,41+,47+,48+/m1/s1. The summed E-state index contributed by atoms with van der Waals surface area (Å²) >= 11 is 0. The largest absolute Gasteiger partial charge is 0.497 e. The number of esters is 2. The van der Waals surface area contributed by atoms with Gasteiger partial charge in [-0.05, 0) is 71.2 Å². The zero-order chi connectivity index (χ0) is 44.0. The number of methoxy groups -OCH3 is 1. The highest BCUT2D eigenvalue weighted by Crippen LogP contribution is 2.46. The highest BCUT2D eigenvalue weighted by atomic mass is 28.4. The van der Waals surface area contributed by atoms with Crippen molar-refractivity contribution in [2.45, 2.75) is 159 Å². The minimum atomic E-state index is -2.82. The number of rotatable bonds is 16. The van der Waals surface area contributed by atoms with Crippen LogP contribution in [0.5, 0.6) is 5.75 Å². The predicted octanol–water partition coefficient (Wildman–Crippen LogP) is 8.73. The van der Waals surface area contributed by atoms with Gasteiger partial charge >= 0.3 is 11.9 Å². The van der Waals surface area contributed by atoms with Crippen molar-refractivity contribution in [3.63, 3.8) is 0 Å². The summed E-state index contributed by atoms with van der Waals surface area (Å²) in [5.41, 5.74) is -0.777. The number of aliphatic hydroxyl groups is 1. The van der Waals surface area contributed by atoms with E-state index in [2.05, 4.69) is 103 Å². The van der Waals surface area contributed by atoms with Crippen LogP contribution in [0.3, 0.4) is 0 Å². The first-order chi connectivity index (χ1) is 28.1. The number of carbonyl (C=O) groups is 2. The summed E-state index contributed by atoms with van der Waals surface area (Å²) in [7, 11) is -3.33. The van der Waals surface area contributed by atoms with Gasteiger partial charge in [-0.15, -0.1) is 0 Å². The lowest BCUT2D eigenvalue weighted by Crippen LogP contribution is -2.66. The Morgan fingerprint density at radius 2 is 1.40 bits per heavy atom. The van der Waals surface area contributed by atoms with Crippen molar-refractivity contribution >= 4 is 38.9 Å². The fraction of sp³-hybridized carbons (Fsp3) is 0.583. The highest BCUT2D eigenvalue weighted by molar-refractivity contribution is 6.99. The third-order valence-corrected chi connectivity index (χ3v) is 22.1. The van der Waals surface area contributed by atoms with Crippen LogP contribution in [-0.2, 0) is 32.6 Å². The molecule has 10 nitrogen and oxygen atoms in total. The van der Waals surface area contributed by atoms with E-state index in [1.807, 2.05) is 12.1 Å². The zero-order valence-corrected chi connectivity index (χ0v) is 39.9. The van der Waals surface area contributed by atoms with Crippen LogP contribution in [0, 0.1) is 0 Å². The monoisotopic (exact) mass is 862 g/mol. The van der Waals surface area contributed by atoms with Gasteiger partial charge in [-0.2, -0.15) is 0 Å². The van der Waals surface area contributed by atoms with Crippen LogP contribution in [0.15, 0.2) is 84.9 Å². The van der Waals surface area contributed by atoms with Crippen molar-refractivity contribution < 1.29 is 47.2 Å². The maximum absolute atomic E-state index is 13.6. The van der Waals surface area contributed by atoms with E-state index in [4.69, 9.17) is 32.5 Å². The molecule has 60 heavy (non-hydrogen) atoms. The molecule has 1 N–H and O–H groups in total. The quantitative estimate of drug-likeness (QED) is 0.111. The third-order valence-electron chi connectivity index (χ3n) is 12.5. The lowest BCUT2D eigenvalue weighted by Gasteiger charge is -2.52. The fourth-order valence-electron chi connectivity index (χ4n) is 8.71. The Kier molecular flexibility index (Phi) is 15.4. The Balaban J connectivity index is 1.38. The first-order valence-electron chi connectivity index (χ1n) is 21.6. The number of hydrogen-bond donors (Lipinski definition) is 1. The lowest BCUT2D eigenvalue weighted by atomic mass is 9.81. The molecule has 2 aliphatic heterocycles. The SMILES string of the molecule is COc1ccc(C(=O)O[C@H](CCO[Si](C)(C)C(C)(C)C)C[C@H]2C[C@](C)(O)C[C@]3(C[C@@H](OC(C)=O)C[C@H](CCO[Si](c4ccccc4)(c4ccccc4)C(C)(C)C)O3)O2)cc1. The van der Waals surface area contributed by atoms with Crippen LogP contribution in [0.1, 0.15) is 111 Å². The molecular formula is C48H70O10Si2. The minimum absolute atomic E-state index is 0.0116. The molecule has 12 heteroatoms. The van der Waals surface area contributed by atoms with Crippen LogP contribution < -0.4 is 15.1 Å². The van der Waals surface area contributed by atoms with E-state index in [1.54, 1.807) is 38.3 Å². The van der Waals surface area contributed by atoms with Crippen LogP contribution in [0.4, 0.5) is 0 Å². The average molecular weight is 863 g/mol. The van der Waals surface area contributed by atoms with Crippen molar-refractivity contribution in [2.24, 2.45) is 0 Å². The molecule has 3 aromatic rings. The van der Waals surface area contributed by atoms with Gasteiger partial charge in [0.15, 0.2) is 14.1 Å². The van der Waals surface area contributed by atoms with Gasteiger partial charge in [-0.3, -0.25) is 4.79 Å². The van der Waals surface area contributed by atoms with Gasteiger partial charge in [-0.25, -0.2) is 4.79 Å². The summed E-state index contributed by atoms with van der Waals surface area (Å²) in [5.74, 6) is -1.46. The van der Waals surface area contributed by atoms with Gasteiger partial charge in [0.1, 0.15) is 18.0 Å². The summed E-state index contributed by atoms with van der Waals surface area (Å²) in [5, 5.41) is 14.1. The normalized spacial score (nSPS) is 24.4. The van der Waals surface area contributed by atoms with E-state index in [1.165, 1.54) is 17.3 Å². The molecular weight excluding hydrogens is 793 g/mol. The maximum atomic E-state index is 13.6. The summed E-state index contributed by atoms with van der Waals surface area (Å²) in [6, 6.07) is 27.9. The van der Waals surface area contributed by atoms with Gasteiger partial charge in [0.05, 0.1) is 30.5 Å². The molecule has 1 spiro atoms. The fourth-order valence-corrected chi connectivity index (χ4v) is 14.3. The molecule has 0 amide bonds. The summed E-state index contributed by atoms with van der Waals surface area (Å²) < 4.78 is 45.1. The number of carbonyl (C=O) groups excluding carboxylic acids is 2. The summed E-state index contributed by atoms with van der Waals surface area (Å²) in [4.78, 5) is 26.0.